The maximum atomic E-state index is 3.76. The highest BCUT2D eigenvalue weighted by Crippen LogP contribution is 2.26. The number of rotatable bonds is 2. The highest BCUT2D eigenvalue weighted by atomic mass is 127. The van der Waals surface area contributed by atoms with Crippen molar-refractivity contribution in [2.45, 2.75) is 17.8 Å². The molecule has 0 nitrogen and oxygen atoms in total. The first-order chi connectivity index (χ1) is 5.65. The van der Waals surface area contributed by atoms with Crippen molar-refractivity contribution in [1.82, 2.24) is 0 Å². The Morgan fingerprint density at radius 2 is 2.17 bits per heavy atom. The minimum Gasteiger partial charge on any atom is -0.0985 e. The predicted octanol–water partition coefficient (Wildman–Crippen LogP) is 4.13. The zero-order valence-corrected chi connectivity index (χ0v) is 9.63. The number of hydrogen-bond acceptors (Lipinski definition) is 0. The van der Waals surface area contributed by atoms with Crippen molar-refractivity contribution in [2.75, 3.05) is 0 Å². The van der Waals surface area contributed by atoms with E-state index < -0.39 is 0 Å². The van der Waals surface area contributed by atoms with Gasteiger partial charge in [-0.25, -0.2) is 0 Å². The molecule has 1 aromatic rings. The van der Waals surface area contributed by atoms with Gasteiger partial charge in [0, 0.05) is 3.92 Å². The van der Waals surface area contributed by atoms with Gasteiger partial charge >= 0.3 is 0 Å². The molecule has 1 atom stereocenters. The molecule has 0 fully saturated rings. The lowest BCUT2D eigenvalue weighted by Gasteiger charge is -2.08. The molecule has 0 N–H and O–H groups in total. The summed E-state index contributed by atoms with van der Waals surface area (Å²) in [6.07, 6.45) is 1.89. The molecule has 0 aromatic heterocycles. The molecule has 1 heteroatoms. The maximum absolute atomic E-state index is 3.76. The minimum absolute atomic E-state index is 0.572. The summed E-state index contributed by atoms with van der Waals surface area (Å²) in [7, 11) is 0. The maximum Gasteiger partial charge on any atom is 0.0334 e. The fourth-order valence-electron chi connectivity index (χ4n) is 1.21. The molecule has 0 bridgehead atoms. The lowest BCUT2D eigenvalue weighted by atomic mass is 10.0. The van der Waals surface area contributed by atoms with Crippen molar-refractivity contribution >= 4 is 28.7 Å². The molecule has 1 rings (SSSR count). The van der Waals surface area contributed by atoms with E-state index in [1.54, 1.807) is 0 Å². The molecule has 0 radical (unpaired) electrons. The topological polar surface area (TPSA) is 0 Å². The van der Waals surface area contributed by atoms with E-state index in [0.29, 0.717) is 3.92 Å². The molecular formula is C11H13I. The van der Waals surface area contributed by atoms with E-state index in [1.807, 2.05) is 6.08 Å². The number of aryl methyl sites for hydroxylation is 1. The molecule has 0 spiro atoms. The van der Waals surface area contributed by atoms with Gasteiger partial charge in [0.15, 0.2) is 0 Å². The third-order valence-corrected chi connectivity index (χ3v) is 2.64. The van der Waals surface area contributed by atoms with Crippen molar-refractivity contribution in [2.24, 2.45) is 0 Å². The zero-order valence-electron chi connectivity index (χ0n) is 7.47. The van der Waals surface area contributed by atoms with Crippen molar-refractivity contribution < 1.29 is 0 Å². The largest absolute Gasteiger partial charge is 0.0985 e. The Kier molecular flexibility index (Phi) is 3.32. The Bertz CT molecular complexity index is 287. The Balaban J connectivity index is 3.16. The molecule has 12 heavy (non-hydrogen) atoms. The second kappa shape index (κ2) is 4.08. The van der Waals surface area contributed by atoms with E-state index in [4.69, 9.17) is 0 Å². The second-order valence-corrected chi connectivity index (χ2v) is 4.80. The molecule has 1 aromatic carbocycles. The van der Waals surface area contributed by atoms with E-state index >= 15 is 0 Å². The molecule has 64 valence electrons. The standard InChI is InChI=1S/C11H13I/c1-4-10-6-5-8(2)11(7-10)9(3)12/h4-7,9H,1H2,2-3H3. The van der Waals surface area contributed by atoms with Crippen molar-refractivity contribution in [1.29, 1.82) is 0 Å². The Labute approximate surface area is 87.8 Å². The molecule has 0 saturated carbocycles. The lowest BCUT2D eigenvalue weighted by Crippen LogP contribution is -1.89. The normalized spacial score (nSPS) is 12.6. The molecule has 1 unspecified atom stereocenters. The molecule has 0 heterocycles. The van der Waals surface area contributed by atoms with Crippen molar-refractivity contribution in [3.63, 3.8) is 0 Å². The van der Waals surface area contributed by atoms with Crippen LogP contribution >= 0.6 is 22.6 Å². The van der Waals surface area contributed by atoms with Crippen molar-refractivity contribution in [3.05, 3.63) is 41.5 Å². The average Bonchev–Trinajstić information content (AvgIpc) is 2.05. The smallest absolute Gasteiger partial charge is 0.0334 e. The van der Waals surface area contributed by atoms with Crippen LogP contribution in [0.15, 0.2) is 24.8 Å². The van der Waals surface area contributed by atoms with Gasteiger partial charge in [0.2, 0.25) is 0 Å². The average molecular weight is 272 g/mol. The van der Waals surface area contributed by atoms with Crippen LogP contribution in [0.3, 0.4) is 0 Å². The molecule has 0 amide bonds. The van der Waals surface area contributed by atoms with Crippen LogP contribution in [0.25, 0.3) is 6.08 Å². The van der Waals surface area contributed by atoms with E-state index in [-0.39, 0.29) is 0 Å². The van der Waals surface area contributed by atoms with E-state index in [9.17, 15) is 0 Å². The molecular weight excluding hydrogens is 259 g/mol. The summed E-state index contributed by atoms with van der Waals surface area (Å²) in [6.45, 7) is 8.11. The predicted molar refractivity (Wildman–Crippen MR) is 63.7 cm³/mol. The quantitative estimate of drug-likeness (QED) is 0.561. The monoisotopic (exact) mass is 272 g/mol. The van der Waals surface area contributed by atoms with Crippen LogP contribution in [-0.4, -0.2) is 0 Å². The lowest BCUT2D eigenvalue weighted by molar-refractivity contribution is 1.11. The highest BCUT2D eigenvalue weighted by molar-refractivity contribution is 14.1. The van der Waals surface area contributed by atoms with Gasteiger partial charge in [-0.1, -0.05) is 53.4 Å². The van der Waals surface area contributed by atoms with E-state index in [1.165, 1.54) is 16.7 Å². The Morgan fingerprint density at radius 1 is 1.50 bits per heavy atom. The first-order valence-electron chi connectivity index (χ1n) is 4.02. The number of hydrogen-bond donors (Lipinski definition) is 0. The number of benzene rings is 1. The summed E-state index contributed by atoms with van der Waals surface area (Å²) in [6, 6.07) is 6.46. The van der Waals surface area contributed by atoms with Gasteiger partial charge < -0.3 is 0 Å². The zero-order chi connectivity index (χ0) is 9.14. The van der Waals surface area contributed by atoms with Crippen LogP contribution < -0.4 is 0 Å². The van der Waals surface area contributed by atoms with Crippen molar-refractivity contribution in [3.8, 4) is 0 Å². The number of halogens is 1. The molecule has 0 saturated heterocycles. The van der Waals surface area contributed by atoms with Crippen LogP contribution in [-0.2, 0) is 0 Å². The second-order valence-electron chi connectivity index (χ2n) is 2.94. The fourth-order valence-corrected chi connectivity index (χ4v) is 1.89. The van der Waals surface area contributed by atoms with Crippen LogP contribution in [0.4, 0.5) is 0 Å². The summed E-state index contributed by atoms with van der Waals surface area (Å²) in [5, 5.41) is 0. The van der Waals surface area contributed by atoms with Gasteiger partial charge in [0.25, 0.3) is 0 Å². The SMILES string of the molecule is C=Cc1ccc(C)c(C(C)I)c1. The molecule has 0 aliphatic carbocycles. The van der Waals surface area contributed by atoms with Crippen LogP contribution in [0.1, 0.15) is 27.5 Å². The Morgan fingerprint density at radius 3 is 2.67 bits per heavy atom. The van der Waals surface area contributed by atoms with E-state index in [2.05, 4.69) is 61.2 Å². The Hall–Kier alpha value is -0.310. The summed E-state index contributed by atoms with van der Waals surface area (Å²) < 4.78 is 0.572. The number of alkyl halides is 1. The molecule has 0 aliphatic heterocycles. The first kappa shape index (κ1) is 9.78. The first-order valence-corrected chi connectivity index (χ1v) is 5.26. The third kappa shape index (κ3) is 2.09. The van der Waals surface area contributed by atoms with Gasteiger partial charge in [-0.2, -0.15) is 0 Å². The van der Waals surface area contributed by atoms with Crippen LogP contribution in [0.5, 0.6) is 0 Å². The summed E-state index contributed by atoms with van der Waals surface area (Å²) in [4.78, 5) is 0. The third-order valence-electron chi connectivity index (χ3n) is 1.97. The fraction of sp³-hybridized carbons (Fsp3) is 0.273. The summed E-state index contributed by atoms with van der Waals surface area (Å²) in [5.74, 6) is 0. The summed E-state index contributed by atoms with van der Waals surface area (Å²) >= 11 is 2.43. The van der Waals surface area contributed by atoms with E-state index in [0.717, 1.165) is 0 Å². The van der Waals surface area contributed by atoms with Gasteiger partial charge in [-0.05, 0) is 30.5 Å². The summed E-state index contributed by atoms with van der Waals surface area (Å²) in [5.41, 5.74) is 3.98. The van der Waals surface area contributed by atoms with Gasteiger partial charge in [-0.15, -0.1) is 0 Å². The van der Waals surface area contributed by atoms with Crippen LogP contribution in [0.2, 0.25) is 0 Å². The highest BCUT2D eigenvalue weighted by Gasteiger charge is 2.03. The minimum atomic E-state index is 0.572. The van der Waals surface area contributed by atoms with Crippen LogP contribution in [0, 0.1) is 6.92 Å². The van der Waals surface area contributed by atoms with Gasteiger partial charge in [-0.3, -0.25) is 0 Å². The van der Waals surface area contributed by atoms with Gasteiger partial charge in [0.1, 0.15) is 0 Å². The van der Waals surface area contributed by atoms with Gasteiger partial charge in [0.05, 0.1) is 0 Å². The molecule has 0 aliphatic rings.